The largest absolute Gasteiger partial charge is 0.454 e. The Bertz CT molecular complexity index is 750. The molecule has 1 unspecified atom stereocenters. The van der Waals surface area contributed by atoms with E-state index in [-0.39, 0.29) is 17.7 Å². The van der Waals surface area contributed by atoms with Crippen LogP contribution in [0, 0.1) is 11.6 Å². The smallest absolute Gasteiger partial charge is 0.254 e. The van der Waals surface area contributed by atoms with Gasteiger partial charge in [0.2, 0.25) is 0 Å². The van der Waals surface area contributed by atoms with Gasteiger partial charge in [0.15, 0.2) is 11.6 Å². The van der Waals surface area contributed by atoms with E-state index in [0.717, 1.165) is 31.4 Å². The van der Waals surface area contributed by atoms with Crippen LogP contribution in [0.2, 0.25) is 0 Å². The SMILES string of the molecule is NCC1CCCCN1C(=O)c1ccc(Oc2ccc(F)cc2F)cc1. The molecule has 1 saturated heterocycles. The lowest BCUT2D eigenvalue weighted by Crippen LogP contribution is -2.47. The van der Waals surface area contributed by atoms with Crippen LogP contribution < -0.4 is 10.5 Å². The Morgan fingerprint density at radius 1 is 1.16 bits per heavy atom. The van der Waals surface area contributed by atoms with E-state index in [1.54, 1.807) is 24.3 Å². The first-order valence-corrected chi connectivity index (χ1v) is 8.32. The molecule has 6 heteroatoms. The monoisotopic (exact) mass is 346 g/mol. The Labute approximate surface area is 145 Å². The van der Waals surface area contributed by atoms with E-state index in [2.05, 4.69) is 0 Å². The number of hydrogen-bond donors (Lipinski definition) is 1. The van der Waals surface area contributed by atoms with Crippen LogP contribution in [-0.2, 0) is 0 Å². The van der Waals surface area contributed by atoms with Crippen molar-refractivity contribution in [3.05, 3.63) is 59.7 Å². The Morgan fingerprint density at radius 2 is 1.92 bits per heavy atom. The summed E-state index contributed by atoms with van der Waals surface area (Å²) in [5.41, 5.74) is 6.30. The van der Waals surface area contributed by atoms with Crippen molar-refractivity contribution in [1.29, 1.82) is 0 Å². The van der Waals surface area contributed by atoms with Crippen LogP contribution >= 0.6 is 0 Å². The average molecular weight is 346 g/mol. The van der Waals surface area contributed by atoms with Gasteiger partial charge in [-0.1, -0.05) is 0 Å². The number of halogens is 2. The molecule has 1 atom stereocenters. The minimum Gasteiger partial charge on any atom is -0.454 e. The molecule has 0 aromatic heterocycles. The highest BCUT2D eigenvalue weighted by Crippen LogP contribution is 2.26. The van der Waals surface area contributed by atoms with Gasteiger partial charge in [0.25, 0.3) is 5.91 Å². The van der Waals surface area contributed by atoms with Crippen molar-refractivity contribution >= 4 is 5.91 Å². The third kappa shape index (κ3) is 3.96. The van der Waals surface area contributed by atoms with Gasteiger partial charge >= 0.3 is 0 Å². The summed E-state index contributed by atoms with van der Waals surface area (Å²) in [6.45, 7) is 1.16. The molecule has 1 aliphatic rings. The van der Waals surface area contributed by atoms with Gasteiger partial charge in [-0.15, -0.1) is 0 Å². The van der Waals surface area contributed by atoms with Crippen molar-refractivity contribution in [2.24, 2.45) is 5.73 Å². The Kier molecular flexibility index (Phi) is 5.28. The lowest BCUT2D eigenvalue weighted by molar-refractivity contribution is 0.0623. The van der Waals surface area contributed by atoms with Gasteiger partial charge in [0, 0.05) is 30.8 Å². The summed E-state index contributed by atoms with van der Waals surface area (Å²) in [6, 6.07) is 9.65. The third-order valence-electron chi connectivity index (χ3n) is 4.38. The summed E-state index contributed by atoms with van der Waals surface area (Å²) in [6.07, 6.45) is 2.99. The number of piperidine rings is 1. The number of carbonyl (C=O) groups is 1. The fourth-order valence-corrected chi connectivity index (χ4v) is 3.03. The Balaban J connectivity index is 1.72. The van der Waals surface area contributed by atoms with E-state index in [9.17, 15) is 13.6 Å². The molecule has 1 heterocycles. The topological polar surface area (TPSA) is 55.6 Å². The maximum atomic E-state index is 13.6. The number of benzene rings is 2. The molecule has 1 aliphatic heterocycles. The zero-order valence-corrected chi connectivity index (χ0v) is 13.8. The highest BCUT2D eigenvalue weighted by Gasteiger charge is 2.26. The quantitative estimate of drug-likeness (QED) is 0.918. The van der Waals surface area contributed by atoms with Crippen LogP contribution in [-0.4, -0.2) is 29.9 Å². The summed E-state index contributed by atoms with van der Waals surface area (Å²) in [4.78, 5) is 14.5. The number of hydrogen-bond acceptors (Lipinski definition) is 3. The number of carbonyl (C=O) groups excluding carboxylic acids is 1. The van der Waals surface area contributed by atoms with Gasteiger partial charge in [0.05, 0.1) is 0 Å². The van der Waals surface area contributed by atoms with Crippen LogP contribution in [0.4, 0.5) is 8.78 Å². The maximum absolute atomic E-state index is 13.6. The molecule has 2 aromatic rings. The van der Waals surface area contributed by atoms with Crippen LogP contribution in [0.25, 0.3) is 0 Å². The molecule has 1 fully saturated rings. The molecule has 4 nitrogen and oxygen atoms in total. The number of likely N-dealkylation sites (tertiary alicyclic amines) is 1. The molecular formula is C19H20F2N2O2. The van der Waals surface area contributed by atoms with Gasteiger partial charge < -0.3 is 15.4 Å². The highest BCUT2D eigenvalue weighted by molar-refractivity contribution is 5.94. The molecule has 0 spiro atoms. The lowest BCUT2D eigenvalue weighted by atomic mass is 10.0. The second-order valence-corrected chi connectivity index (χ2v) is 6.09. The van der Waals surface area contributed by atoms with Crippen molar-refractivity contribution in [2.75, 3.05) is 13.1 Å². The molecule has 0 radical (unpaired) electrons. The average Bonchev–Trinajstić information content (AvgIpc) is 2.64. The number of ether oxygens (including phenoxy) is 1. The number of nitrogens with zero attached hydrogens (tertiary/aromatic N) is 1. The molecule has 132 valence electrons. The predicted molar refractivity (Wildman–Crippen MR) is 90.6 cm³/mol. The van der Waals surface area contributed by atoms with Crippen molar-refractivity contribution in [3.63, 3.8) is 0 Å². The van der Waals surface area contributed by atoms with Crippen LogP contribution in [0.3, 0.4) is 0 Å². The maximum Gasteiger partial charge on any atom is 0.254 e. The predicted octanol–water partition coefficient (Wildman–Crippen LogP) is 3.71. The zero-order chi connectivity index (χ0) is 17.8. The fraction of sp³-hybridized carbons (Fsp3) is 0.316. The lowest BCUT2D eigenvalue weighted by Gasteiger charge is -2.35. The summed E-state index contributed by atoms with van der Waals surface area (Å²) in [7, 11) is 0. The minimum atomic E-state index is -0.778. The summed E-state index contributed by atoms with van der Waals surface area (Å²) in [5.74, 6) is -1.20. The summed E-state index contributed by atoms with van der Waals surface area (Å²) in [5, 5.41) is 0. The van der Waals surface area contributed by atoms with Crippen molar-refractivity contribution in [1.82, 2.24) is 4.90 Å². The van der Waals surface area contributed by atoms with Gasteiger partial charge in [-0.05, 0) is 55.7 Å². The molecule has 2 aromatic carbocycles. The van der Waals surface area contributed by atoms with Crippen molar-refractivity contribution in [3.8, 4) is 11.5 Å². The molecular weight excluding hydrogens is 326 g/mol. The molecule has 25 heavy (non-hydrogen) atoms. The number of nitrogens with two attached hydrogens (primary N) is 1. The first-order chi connectivity index (χ1) is 12.1. The van der Waals surface area contributed by atoms with Gasteiger partial charge in [-0.25, -0.2) is 8.78 Å². The molecule has 1 amide bonds. The third-order valence-corrected chi connectivity index (χ3v) is 4.38. The van der Waals surface area contributed by atoms with Crippen molar-refractivity contribution in [2.45, 2.75) is 25.3 Å². The number of amides is 1. The summed E-state index contributed by atoms with van der Waals surface area (Å²) >= 11 is 0. The normalized spacial score (nSPS) is 17.4. The van der Waals surface area contributed by atoms with Crippen LogP contribution in [0.5, 0.6) is 11.5 Å². The van der Waals surface area contributed by atoms with E-state index in [4.69, 9.17) is 10.5 Å². The Hall–Kier alpha value is -2.47. The molecule has 3 rings (SSSR count). The first kappa shape index (κ1) is 17.4. The highest BCUT2D eigenvalue weighted by atomic mass is 19.1. The van der Waals surface area contributed by atoms with E-state index < -0.39 is 11.6 Å². The zero-order valence-electron chi connectivity index (χ0n) is 13.8. The van der Waals surface area contributed by atoms with Gasteiger partial charge in [-0.3, -0.25) is 4.79 Å². The Morgan fingerprint density at radius 3 is 2.60 bits per heavy atom. The van der Waals surface area contributed by atoms with Gasteiger partial charge in [-0.2, -0.15) is 0 Å². The van der Waals surface area contributed by atoms with Crippen LogP contribution in [0.15, 0.2) is 42.5 Å². The fourth-order valence-electron chi connectivity index (χ4n) is 3.03. The van der Waals surface area contributed by atoms with E-state index >= 15 is 0 Å². The summed E-state index contributed by atoms with van der Waals surface area (Å²) < 4.78 is 32.0. The second kappa shape index (κ2) is 7.61. The molecule has 0 saturated carbocycles. The second-order valence-electron chi connectivity index (χ2n) is 6.09. The number of rotatable bonds is 4. The molecule has 2 N–H and O–H groups in total. The first-order valence-electron chi connectivity index (χ1n) is 8.32. The van der Waals surface area contributed by atoms with E-state index in [0.29, 0.717) is 24.4 Å². The van der Waals surface area contributed by atoms with Gasteiger partial charge in [0.1, 0.15) is 11.6 Å². The standard InChI is InChI=1S/C19H20F2N2O2/c20-14-6-9-18(17(21)11-14)25-16-7-4-13(5-8-16)19(24)23-10-2-1-3-15(23)12-22/h4-9,11,15H,1-3,10,12,22H2. The minimum absolute atomic E-state index is 0.0605. The van der Waals surface area contributed by atoms with Crippen LogP contribution in [0.1, 0.15) is 29.6 Å². The van der Waals surface area contributed by atoms with Crippen molar-refractivity contribution < 1.29 is 18.3 Å². The molecule has 0 bridgehead atoms. The van der Waals surface area contributed by atoms with E-state index in [1.807, 2.05) is 4.90 Å². The molecule has 0 aliphatic carbocycles. The van der Waals surface area contributed by atoms with E-state index in [1.165, 1.54) is 6.07 Å².